The fraction of sp³-hybridized carbons (Fsp3) is 0.500. The summed E-state index contributed by atoms with van der Waals surface area (Å²) in [6.45, 7) is 1.06. The number of aromatic nitrogens is 1. The number of likely N-dealkylation sites (tertiary alicyclic amines) is 1. The number of carboxylic acid groups (broad SMARTS) is 1. The molecule has 1 amide bonds. The van der Waals surface area contributed by atoms with Crippen molar-refractivity contribution in [1.29, 1.82) is 0 Å². The number of piperidine rings is 1. The van der Waals surface area contributed by atoms with Gasteiger partial charge in [-0.15, -0.1) is 0 Å². The Morgan fingerprint density at radius 1 is 1.38 bits per heavy atom. The fourth-order valence-electron chi connectivity index (χ4n) is 2.58. The summed E-state index contributed by atoms with van der Waals surface area (Å²) < 4.78 is 2.09. The first kappa shape index (κ1) is 15.8. The monoisotopic (exact) mass is 356 g/mol. The highest BCUT2D eigenvalue weighted by Crippen LogP contribution is 2.19. The second-order valence-corrected chi connectivity index (χ2v) is 6.18. The van der Waals surface area contributed by atoms with Crippen molar-refractivity contribution >= 4 is 27.8 Å². The van der Waals surface area contributed by atoms with E-state index < -0.39 is 5.97 Å². The zero-order valence-electron chi connectivity index (χ0n) is 11.5. The van der Waals surface area contributed by atoms with Crippen LogP contribution in [0.3, 0.4) is 0 Å². The van der Waals surface area contributed by atoms with Crippen molar-refractivity contribution in [2.75, 3.05) is 13.1 Å². The molecular weight excluding hydrogens is 340 g/mol. The third-order valence-electron chi connectivity index (χ3n) is 3.59. The molecule has 1 N–H and O–H groups in total. The average Bonchev–Trinajstić information content (AvgIpc) is 2.42. The first-order chi connectivity index (χ1) is 9.95. The van der Waals surface area contributed by atoms with Crippen LogP contribution in [-0.2, 0) is 16.1 Å². The van der Waals surface area contributed by atoms with Crippen LogP contribution in [0, 0.1) is 5.92 Å². The molecular formula is C14H17BrN2O4. The number of aliphatic carboxylic acids is 1. The lowest BCUT2D eigenvalue weighted by atomic mass is 9.95. The van der Waals surface area contributed by atoms with Crippen molar-refractivity contribution in [3.8, 4) is 0 Å². The van der Waals surface area contributed by atoms with E-state index in [0.717, 1.165) is 17.3 Å². The van der Waals surface area contributed by atoms with Gasteiger partial charge < -0.3 is 14.6 Å². The molecule has 1 aliphatic rings. The minimum atomic E-state index is -0.836. The van der Waals surface area contributed by atoms with Crippen LogP contribution in [-0.4, -0.2) is 39.5 Å². The fourth-order valence-corrected chi connectivity index (χ4v) is 2.96. The van der Waals surface area contributed by atoms with E-state index in [-0.39, 0.29) is 30.3 Å². The van der Waals surface area contributed by atoms with Crippen molar-refractivity contribution in [3.05, 3.63) is 33.2 Å². The Kier molecular flexibility index (Phi) is 5.17. The summed E-state index contributed by atoms with van der Waals surface area (Å²) >= 11 is 3.27. The number of nitrogens with zero attached hydrogens (tertiary/aromatic N) is 2. The molecule has 0 aromatic carbocycles. The Morgan fingerprint density at radius 3 is 2.86 bits per heavy atom. The molecule has 0 aliphatic carbocycles. The molecule has 6 nitrogen and oxygen atoms in total. The lowest BCUT2D eigenvalue weighted by Gasteiger charge is -2.32. The molecule has 1 unspecified atom stereocenters. The molecule has 1 aromatic rings. The second kappa shape index (κ2) is 6.89. The minimum Gasteiger partial charge on any atom is -0.481 e. The molecule has 0 spiro atoms. The predicted octanol–water partition coefficient (Wildman–Crippen LogP) is 1.32. The Bertz CT molecular complexity index is 599. The topological polar surface area (TPSA) is 79.6 Å². The molecule has 0 bridgehead atoms. The summed E-state index contributed by atoms with van der Waals surface area (Å²) in [7, 11) is 0. The van der Waals surface area contributed by atoms with Crippen LogP contribution in [0.1, 0.15) is 19.3 Å². The molecule has 114 valence electrons. The van der Waals surface area contributed by atoms with Crippen LogP contribution >= 0.6 is 15.9 Å². The van der Waals surface area contributed by atoms with Gasteiger partial charge >= 0.3 is 5.97 Å². The van der Waals surface area contributed by atoms with Crippen LogP contribution in [0.5, 0.6) is 0 Å². The van der Waals surface area contributed by atoms with Crippen molar-refractivity contribution < 1.29 is 14.7 Å². The van der Waals surface area contributed by atoms with Crippen molar-refractivity contribution in [2.24, 2.45) is 5.92 Å². The van der Waals surface area contributed by atoms with Crippen LogP contribution < -0.4 is 5.56 Å². The van der Waals surface area contributed by atoms with Gasteiger partial charge in [-0.05, 0) is 40.8 Å². The van der Waals surface area contributed by atoms with Gasteiger partial charge in [0, 0.05) is 36.2 Å². The Hall–Kier alpha value is -1.63. The number of carbonyl (C=O) groups is 2. The standard InChI is InChI=1S/C14H17BrN2O4/c15-11-3-4-12(18)17(8-11)9-13(19)16-5-1-2-10(7-16)6-14(20)21/h3-4,8,10H,1-2,5-7,9H2,(H,20,21). The molecule has 2 heterocycles. The van der Waals surface area contributed by atoms with Gasteiger partial charge in [-0.1, -0.05) is 0 Å². The lowest BCUT2D eigenvalue weighted by molar-refractivity contribution is -0.140. The Balaban J connectivity index is 2.01. The zero-order chi connectivity index (χ0) is 15.4. The van der Waals surface area contributed by atoms with Gasteiger partial charge in [0.05, 0.1) is 0 Å². The summed E-state index contributed by atoms with van der Waals surface area (Å²) in [6.07, 6.45) is 3.30. The maximum Gasteiger partial charge on any atom is 0.303 e. The summed E-state index contributed by atoms with van der Waals surface area (Å²) in [6, 6.07) is 3.04. The second-order valence-electron chi connectivity index (χ2n) is 5.26. The van der Waals surface area contributed by atoms with E-state index in [9.17, 15) is 14.4 Å². The SMILES string of the molecule is O=C(O)CC1CCCN(C(=O)Cn2cc(Br)ccc2=O)C1. The van der Waals surface area contributed by atoms with E-state index in [4.69, 9.17) is 5.11 Å². The Morgan fingerprint density at radius 2 is 2.14 bits per heavy atom. The smallest absolute Gasteiger partial charge is 0.303 e. The minimum absolute atomic E-state index is 0.000526. The number of amides is 1. The van der Waals surface area contributed by atoms with Crippen LogP contribution in [0.4, 0.5) is 0 Å². The van der Waals surface area contributed by atoms with Crippen LogP contribution in [0.25, 0.3) is 0 Å². The predicted molar refractivity (Wildman–Crippen MR) is 80.0 cm³/mol. The highest BCUT2D eigenvalue weighted by atomic mass is 79.9. The number of hydrogen-bond donors (Lipinski definition) is 1. The summed E-state index contributed by atoms with van der Waals surface area (Å²) in [5, 5.41) is 8.84. The summed E-state index contributed by atoms with van der Waals surface area (Å²) in [5.41, 5.74) is -0.231. The molecule has 0 radical (unpaired) electrons. The number of rotatable bonds is 4. The van der Waals surface area contributed by atoms with Gasteiger partial charge in [-0.25, -0.2) is 0 Å². The number of carbonyl (C=O) groups excluding carboxylic acids is 1. The van der Waals surface area contributed by atoms with Gasteiger partial charge in [0.25, 0.3) is 5.56 Å². The van der Waals surface area contributed by atoms with E-state index in [0.29, 0.717) is 13.1 Å². The molecule has 2 rings (SSSR count). The highest BCUT2D eigenvalue weighted by Gasteiger charge is 2.25. The van der Waals surface area contributed by atoms with Gasteiger partial charge in [0.1, 0.15) is 6.54 Å². The number of pyridine rings is 1. The van der Waals surface area contributed by atoms with Gasteiger partial charge in [-0.2, -0.15) is 0 Å². The summed E-state index contributed by atoms with van der Waals surface area (Å²) in [4.78, 5) is 36.4. The third-order valence-corrected chi connectivity index (χ3v) is 4.06. The lowest BCUT2D eigenvalue weighted by Crippen LogP contribution is -2.43. The van der Waals surface area contributed by atoms with E-state index in [1.54, 1.807) is 17.2 Å². The Labute approximate surface area is 130 Å². The molecule has 1 aliphatic heterocycles. The third kappa shape index (κ3) is 4.42. The largest absolute Gasteiger partial charge is 0.481 e. The first-order valence-electron chi connectivity index (χ1n) is 6.81. The van der Waals surface area contributed by atoms with Gasteiger partial charge in [-0.3, -0.25) is 14.4 Å². The van der Waals surface area contributed by atoms with Crippen molar-refractivity contribution in [1.82, 2.24) is 9.47 Å². The summed E-state index contributed by atoms with van der Waals surface area (Å²) in [5.74, 6) is -0.984. The van der Waals surface area contributed by atoms with Gasteiger partial charge in [0.15, 0.2) is 0 Å². The number of hydrogen-bond acceptors (Lipinski definition) is 3. The quantitative estimate of drug-likeness (QED) is 0.882. The molecule has 1 saturated heterocycles. The van der Waals surface area contributed by atoms with E-state index in [2.05, 4.69) is 15.9 Å². The van der Waals surface area contributed by atoms with E-state index >= 15 is 0 Å². The maximum absolute atomic E-state index is 12.3. The molecule has 0 saturated carbocycles. The number of carboxylic acids is 1. The molecule has 1 aromatic heterocycles. The first-order valence-corrected chi connectivity index (χ1v) is 7.60. The number of halogens is 1. The normalized spacial score (nSPS) is 18.5. The van der Waals surface area contributed by atoms with Crippen molar-refractivity contribution in [3.63, 3.8) is 0 Å². The van der Waals surface area contributed by atoms with E-state index in [1.807, 2.05) is 0 Å². The van der Waals surface area contributed by atoms with Crippen LogP contribution in [0.2, 0.25) is 0 Å². The van der Waals surface area contributed by atoms with Crippen molar-refractivity contribution in [2.45, 2.75) is 25.8 Å². The average molecular weight is 357 g/mol. The molecule has 7 heteroatoms. The van der Waals surface area contributed by atoms with Gasteiger partial charge in [0.2, 0.25) is 5.91 Å². The highest BCUT2D eigenvalue weighted by molar-refractivity contribution is 9.10. The molecule has 21 heavy (non-hydrogen) atoms. The zero-order valence-corrected chi connectivity index (χ0v) is 13.1. The maximum atomic E-state index is 12.3. The van der Waals surface area contributed by atoms with E-state index in [1.165, 1.54) is 10.6 Å². The van der Waals surface area contributed by atoms with Crippen LogP contribution in [0.15, 0.2) is 27.6 Å². The molecule has 1 fully saturated rings. The molecule has 1 atom stereocenters.